The first-order valence-electron chi connectivity index (χ1n) is 8.09. The molecule has 2 aromatic carbocycles. The number of hydrogen-bond donors (Lipinski definition) is 2. The first kappa shape index (κ1) is 20.4. The van der Waals surface area contributed by atoms with Crippen molar-refractivity contribution in [2.24, 2.45) is 0 Å². The Kier molecular flexibility index (Phi) is 5.85. The molecule has 0 bridgehead atoms. The summed E-state index contributed by atoms with van der Waals surface area (Å²) in [4.78, 5) is 13.8. The van der Waals surface area contributed by atoms with Gasteiger partial charge in [0.05, 0.1) is 26.2 Å². The Morgan fingerprint density at radius 2 is 1.97 bits per heavy atom. The monoisotopic (exact) mass is 435 g/mol. The lowest BCUT2D eigenvalue weighted by Crippen LogP contribution is -2.13. The predicted molar refractivity (Wildman–Crippen MR) is 106 cm³/mol. The maximum atomic E-state index is 12.5. The van der Waals surface area contributed by atoms with Crippen molar-refractivity contribution in [1.82, 2.24) is 4.98 Å². The molecule has 0 spiro atoms. The number of nitro groups is 1. The fourth-order valence-electron chi connectivity index (χ4n) is 2.35. The van der Waals surface area contributed by atoms with E-state index in [0.717, 1.165) is 18.2 Å². The Labute approximate surface area is 170 Å². The zero-order valence-corrected chi connectivity index (χ0v) is 16.2. The molecule has 11 heteroatoms. The number of benzene rings is 2. The fraction of sp³-hybridized carbons (Fsp3) is 0.0556. The van der Waals surface area contributed by atoms with E-state index in [1.165, 1.54) is 18.2 Å². The van der Waals surface area contributed by atoms with Gasteiger partial charge in [-0.05, 0) is 42.5 Å². The molecule has 0 unspecified atom stereocenters. The molecule has 3 aromatic rings. The van der Waals surface area contributed by atoms with E-state index in [2.05, 4.69) is 9.71 Å². The smallest absolute Gasteiger partial charge is 0.312 e. The van der Waals surface area contributed by atoms with Crippen molar-refractivity contribution in [2.45, 2.75) is 11.5 Å². The lowest BCUT2D eigenvalue weighted by Gasteiger charge is -2.11. The molecular weight excluding hydrogens is 422 g/mol. The molecule has 0 amide bonds. The predicted octanol–water partition coefficient (Wildman–Crippen LogP) is 3.73. The molecule has 150 valence electrons. The van der Waals surface area contributed by atoms with E-state index >= 15 is 0 Å². The number of phenols is 1. The number of anilines is 1. The molecule has 0 saturated heterocycles. The van der Waals surface area contributed by atoms with E-state index in [4.69, 9.17) is 16.3 Å². The summed E-state index contributed by atoms with van der Waals surface area (Å²) in [7, 11) is -4.15. The molecule has 0 radical (unpaired) electrons. The van der Waals surface area contributed by atoms with Crippen molar-refractivity contribution in [3.05, 3.63) is 81.6 Å². The molecule has 1 aromatic heterocycles. The maximum Gasteiger partial charge on any atom is 0.312 e. The summed E-state index contributed by atoms with van der Waals surface area (Å²) in [6.07, 6.45) is 1.63. The number of nitro benzene ring substituents is 1. The largest absolute Gasteiger partial charge is 0.502 e. The number of hydrogen-bond acceptors (Lipinski definition) is 7. The number of nitrogens with zero attached hydrogens (tertiary/aromatic N) is 2. The number of pyridine rings is 1. The van der Waals surface area contributed by atoms with E-state index in [0.29, 0.717) is 11.4 Å². The molecular formula is C18H14ClN3O6S. The Morgan fingerprint density at radius 3 is 2.62 bits per heavy atom. The Hall–Kier alpha value is -3.37. The van der Waals surface area contributed by atoms with Crippen LogP contribution in [0.3, 0.4) is 0 Å². The van der Waals surface area contributed by atoms with Crippen LogP contribution in [0.5, 0.6) is 11.5 Å². The topological polar surface area (TPSA) is 132 Å². The zero-order chi connectivity index (χ0) is 21.0. The van der Waals surface area contributed by atoms with Gasteiger partial charge in [0.25, 0.3) is 10.0 Å². The minimum atomic E-state index is -4.15. The average Bonchev–Trinajstić information content (AvgIpc) is 2.68. The fourth-order valence-corrected chi connectivity index (χ4v) is 3.65. The summed E-state index contributed by atoms with van der Waals surface area (Å²) in [5, 5.41) is 20.5. The first-order chi connectivity index (χ1) is 13.8. The van der Waals surface area contributed by atoms with Crippen LogP contribution < -0.4 is 9.46 Å². The molecule has 0 fully saturated rings. The van der Waals surface area contributed by atoms with Crippen molar-refractivity contribution in [1.29, 1.82) is 0 Å². The maximum absolute atomic E-state index is 12.5. The van der Waals surface area contributed by atoms with Gasteiger partial charge in [0.2, 0.25) is 0 Å². The minimum absolute atomic E-state index is 0.135. The molecule has 0 aliphatic carbocycles. The van der Waals surface area contributed by atoms with Crippen LogP contribution >= 0.6 is 11.6 Å². The van der Waals surface area contributed by atoms with Crippen LogP contribution in [-0.2, 0) is 16.6 Å². The normalized spacial score (nSPS) is 11.1. The lowest BCUT2D eigenvalue weighted by atomic mass is 10.3. The second-order valence-corrected chi connectivity index (χ2v) is 7.86. The lowest BCUT2D eigenvalue weighted by molar-refractivity contribution is -0.386. The minimum Gasteiger partial charge on any atom is -0.502 e. The molecule has 3 rings (SSSR count). The van der Waals surface area contributed by atoms with Crippen molar-refractivity contribution in [2.75, 3.05) is 4.72 Å². The van der Waals surface area contributed by atoms with E-state index in [9.17, 15) is 23.6 Å². The summed E-state index contributed by atoms with van der Waals surface area (Å²) in [5.74, 6) is -0.299. The molecule has 2 N–H and O–H groups in total. The van der Waals surface area contributed by atoms with Crippen molar-refractivity contribution in [3.8, 4) is 11.5 Å². The summed E-state index contributed by atoms with van der Waals surface area (Å²) in [6, 6.07) is 12.4. The van der Waals surface area contributed by atoms with Crippen LogP contribution in [-0.4, -0.2) is 23.4 Å². The van der Waals surface area contributed by atoms with Gasteiger partial charge < -0.3 is 9.84 Å². The van der Waals surface area contributed by atoms with Crippen molar-refractivity contribution >= 4 is 33.0 Å². The number of halogens is 1. The van der Waals surface area contributed by atoms with Gasteiger partial charge in [-0.25, -0.2) is 8.42 Å². The summed E-state index contributed by atoms with van der Waals surface area (Å²) in [6.45, 7) is 0.183. The van der Waals surface area contributed by atoms with Crippen LogP contribution in [0, 0.1) is 10.1 Å². The van der Waals surface area contributed by atoms with Gasteiger partial charge in [-0.15, -0.1) is 0 Å². The van der Waals surface area contributed by atoms with Gasteiger partial charge >= 0.3 is 5.69 Å². The third-order valence-corrected chi connectivity index (χ3v) is 5.41. The molecule has 29 heavy (non-hydrogen) atoms. The number of sulfonamides is 1. The number of ether oxygens (including phenoxy) is 1. The number of nitrogens with one attached hydrogen (secondary N) is 1. The molecule has 0 atom stereocenters. The van der Waals surface area contributed by atoms with Crippen LogP contribution in [0.15, 0.2) is 65.7 Å². The number of aromatic nitrogens is 1. The van der Waals surface area contributed by atoms with Crippen molar-refractivity contribution < 1.29 is 23.2 Å². The summed E-state index contributed by atoms with van der Waals surface area (Å²) < 4.78 is 32.8. The third kappa shape index (κ3) is 4.92. The molecule has 1 heterocycles. The standard InChI is InChI=1S/C18H14ClN3O6S/c19-15-9-12(4-7-18(15)28-11-13-3-1-2-8-20-13)21-29(26,27)14-5-6-17(23)16(10-14)22(24)25/h1-10,21,23H,11H2. The quantitative estimate of drug-likeness (QED) is 0.426. The zero-order valence-electron chi connectivity index (χ0n) is 14.6. The third-order valence-electron chi connectivity index (χ3n) is 3.74. The highest BCUT2D eigenvalue weighted by Gasteiger charge is 2.21. The Morgan fingerprint density at radius 1 is 1.17 bits per heavy atom. The van der Waals surface area contributed by atoms with Crippen LogP contribution in [0.1, 0.15) is 5.69 Å². The van der Waals surface area contributed by atoms with E-state index < -0.39 is 26.4 Å². The second-order valence-electron chi connectivity index (χ2n) is 5.77. The highest BCUT2D eigenvalue weighted by molar-refractivity contribution is 7.92. The van der Waals surface area contributed by atoms with Gasteiger partial charge in [-0.3, -0.25) is 19.8 Å². The van der Waals surface area contributed by atoms with Crippen LogP contribution in [0.4, 0.5) is 11.4 Å². The van der Waals surface area contributed by atoms with Gasteiger partial charge in [0.1, 0.15) is 12.4 Å². The molecule has 0 saturated carbocycles. The highest BCUT2D eigenvalue weighted by Crippen LogP contribution is 2.31. The molecule has 0 aliphatic heterocycles. The van der Waals surface area contributed by atoms with Crippen LogP contribution in [0.2, 0.25) is 5.02 Å². The SMILES string of the molecule is O=[N+]([O-])c1cc(S(=O)(=O)Nc2ccc(OCc3ccccn3)c(Cl)c2)ccc1O. The summed E-state index contributed by atoms with van der Waals surface area (Å²) >= 11 is 6.16. The average molecular weight is 436 g/mol. The number of aromatic hydroxyl groups is 1. The van der Waals surface area contributed by atoms with E-state index in [1.54, 1.807) is 18.3 Å². The highest BCUT2D eigenvalue weighted by atomic mass is 35.5. The van der Waals surface area contributed by atoms with E-state index in [1.807, 2.05) is 6.07 Å². The van der Waals surface area contributed by atoms with Gasteiger partial charge in [-0.2, -0.15) is 0 Å². The molecule has 0 aliphatic rings. The first-order valence-corrected chi connectivity index (χ1v) is 9.95. The molecule has 9 nitrogen and oxygen atoms in total. The Balaban J connectivity index is 1.77. The Bertz CT molecular complexity index is 1160. The van der Waals surface area contributed by atoms with Crippen molar-refractivity contribution in [3.63, 3.8) is 0 Å². The second kappa shape index (κ2) is 8.33. The van der Waals surface area contributed by atoms with Crippen LogP contribution in [0.25, 0.3) is 0 Å². The van der Waals surface area contributed by atoms with E-state index in [-0.39, 0.29) is 22.2 Å². The van der Waals surface area contributed by atoms with Gasteiger partial charge in [0.15, 0.2) is 5.75 Å². The number of phenolic OH excluding ortho intramolecular Hbond substituents is 1. The van der Waals surface area contributed by atoms with Gasteiger partial charge in [-0.1, -0.05) is 17.7 Å². The summed E-state index contributed by atoms with van der Waals surface area (Å²) in [5.41, 5.74) is 0.113. The van der Waals surface area contributed by atoms with Gasteiger partial charge in [0, 0.05) is 12.3 Å². The number of rotatable bonds is 7.